The van der Waals surface area contributed by atoms with E-state index in [1.165, 1.54) is 18.2 Å². The normalized spacial score (nSPS) is 11.3. The Balaban J connectivity index is 1.62. The van der Waals surface area contributed by atoms with Gasteiger partial charge in [-0.2, -0.15) is 0 Å². The van der Waals surface area contributed by atoms with Crippen molar-refractivity contribution in [2.75, 3.05) is 11.1 Å². The smallest absolute Gasteiger partial charge is 0.129 e. The Kier molecular flexibility index (Phi) is 7.66. The van der Waals surface area contributed by atoms with Gasteiger partial charge in [-0.15, -0.1) is 20.7 Å². The summed E-state index contributed by atoms with van der Waals surface area (Å²) in [7, 11) is 0. The summed E-state index contributed by atoms with van der Waals surface area (Å²) in [4.78, 5) is 19.2. The van der Waals surface area contributed by atoms with E-state index in [9.17, 15) is 8.78 Å². The van der Waals surface area contributed by atoms with Gasteiger partial charge in [-0.25, -0.2) is 13.8 Å². The van der Waals surface area contributed by atoms with Crippen LogP contribution in [0.3, 0.4) is 0 Å². The predicted molar refractivity (Wildman–Crippen MR) is 136 cm³/mol. The van der Waals surface area contributed by atoms with Crippen LogP contribution < -0.4 is 0 Å². The fourth-order valence-corrected chi connectivity index (χ4v) is 4.90. The molecule has 0 saturated heterocycles. The van der Waals surface area contributed by atoms with Crippen molar-refractivity contribution in [2.45, 2.75) is 19.9 Å². The molecule has 1 N–H and O–H groups in total. The van der Waals surface area contributed by atoms with Crippen molar-refractivity contribution in [2.24, 2.45) is 0 Å². The molecular weight excluding hydrogens is 535 g/mol. The molecule has 0 unspecified atom stereocenters. The molecule has 3 heterocycles. The molecule has 0 amide bonds. The van der Waals surface area contributed by atoms with E-state index in [1.54, 1.807) is 12.4 Å². The molecule has 0 radical (unpaired) electrons. The lowest BCUT2D eigenvalue weighted by atomic mass is 10.1. The first kappa shape index (κ1) is 23.3. The molecule has 0 bridgehead atoms. The molecule has 0 aliphatic rings. The molecule has 0 aliphatic heterocycles. The number of hydrogen-bond donors (Lipinski definition) is 1. The lowest BCUT2D eigenvalue weighted by molar-refractivity contribution is 0.314. The summed E-state index contributed by atoms with van der Waals surface area (Å²) in [6.07, 6.45) is 3.76. The van der Waals surface area contributed by atoms with E-state index >= 15 is 0 Å². The number of benzene rings is 1. The Hall–Kier alpha value is -2.85. The largest absolute Gasteiger partial charge is 0.339 e. The number of aromatic nitrogens is 4. The number of alkyl halides is 1. The number of hydrogen-bond acceptors (Lipinski definition) is 4. The number of pyridine rings is 2. The van der Waals surface area contributed by atoms with Gasteiger partial charge < -0.3 is 4.98 Å². The van der Waals surface area contributed by atoms with E-state index < -0.39 is 11.6 Å². The lowest BCUT2D eigenvalue weighted by Gasteiger charge is -2.19. The Morgan fingerprint density at radius 1 is 1.00 bits per heavy atom. The first-order valence-corrected chi connectivity index (χ1v) is 13.5. The van der Waals surface area contributed by atoms with Gasteiger partial charge in [-0.05, 0) is 49.7 Å². The average Bonchev–Trinajstić information content (AvgIpc) is 3.23. The van der Waals surface area contributed by atoms with Crippen molar-refractivity contribution in [3.63, 3.8) is 0 Å². The van der Waals surface area contributed by atoms with E-state index in [0.717, 1.165) is 38.7 Å². The highest BCUT2D eigenvalue weighted by Crippen LogP contribution is 2.29. The van der Waals surface area contributed by atoms with Gasteiger partial charge in [0.05, 0.1) is 23.6 Å². The monoisotopic (exact) mass is 559 g/mol. The second-order valence-electron chi connectivity index (χ2n) is 7.62. The molecule has 5 nitrogen and oxygen atoms in total. The zero-order valence-corrected chi connectivity index (χ0v) is 20.4. The maximum absolute atomic E-state index is 14.1. The van der Waals surface area contributed by atoms with Gasteiger partial charge in [0.1, 0.15) is 17.5 Å². The average molecular weight is 559 g/mol. The molecule has 33 heavy (non-hydrogen) atoms. The first-order valence-electron chi connectivity index (χ1n) is 10.5. The van der Waals surface area contributed by atoms with Crippen molar-refractivity contribution < 1.29 is 8.78 Å². The lowest BCUT2D eigenvalue weighted by Crippen LogP contribution is -2.25. The van der Waals surface area contributed by atoms with E-state index in [2.05, 4.69) is 24.4 Å². The zero-order valence-electron chi connectivity index (χ0n) is 18.2. The summed E-state index contributed by atoms with van der Waals surface area (Å²) >= 11 is -0.298. The first-order chi connectivity index (χ1) is 16.0. The van der Waals surface area contributed by atoms with Gasteiger partial charge in [0, 0.05) is 40.3 Å². The molecule has 0 aliphatic carbocycles. The molecule has 1 aromatic carbocycles. The quantitative estimate of drug-likeness (QED) is 0.167. The van der Waals surface area contributed by atoms with E-state index in [0.29, 0.717) is 13.1 Å². The van der Waals surface area contributed by atoms with Crippen molar-refractivity contribution in [3.8, 4) is 22.6 Å². The van der Waals surface area contributed by atoms with Crippen LogP contribution in [0.15, 0.2) is 60.9 Å². The topological polar surface area (TPSA) is 57.7 Å². The van der Waals surface area contributed by atoms with Gasteiger partial charge in [-0.1, -0.05) is 16.6 Å². The van der Waals surface area contributed by atoms with Crippen molar-refractivity contribution in [3.05, 3.63) is 89.6 Å². The summed E-state index contributed by atoms with van der Waals surface area (Å²) < 4.78 is 33.0. The van der Waals surface area contributed by atoms with Crippen LogP contribution in [0.5, 0.6) is 0 Å². The highest BCUT2D eigenvalue weighted by Gasteiger charge is 2.18. The number of halogens is 3. The van der Waals surface area contributed by atoms with Crippen LogP contribution in [0.1, 0.15) is 17.1 Å². The number of aryl methyl sites for hydroxylation is 1. The third-order valence-electron chi connectivity index (χ3n) is 5.22. The molecule has 0 spiro atoms. The Bertz CT molecular complexity index is 1220. The summed E-state index contributed by atoms with van der Waals surface area (Å²) in [6.45, 7) is 2.99. The number of H-pyrrole nitrogens is 1. The van der Waals surface area contributed by atoms with Crippen LogP contribution in [0, 0.1) is 18.6 Å². The summed E-state index contributed by atoms with van der Waals surface area (Å²) in [5, 5.41) is 0. The molecule has 4 aromatic rings. The molecular formula is C25H24F2IN5. The molecule has 170 valence electrons. The standard InChI is InChI=1S/C25H24F2IN5/c1-17-5-3-8-22(30-17)25-24(18-9-12-29-13-10-18)31-23(32-25)15-33(16-28-2)14-11-19-20(26)6-4-7-21(19)27/h3-10,12-13H,2,11,14-16H2,1H3,(H,31,32). The van der Waals surface area contributed by atoms with E-state index in [4.69, 9.17) is 4.98 Å². The minimum atomic E-state index is -0.509. The van der Waals surface area contributed by atoms with Gasteiger partial charge in [0.2, 0.25) is 0 Å². The van der Waals surface area contributed by atoms with Crippen LogP contribution in [0.25, 0.3) is 22.6 Å². The third kappa shape index (κ3) is 5.75. The molecule has 4 rings (SSSR count). The minimum Gasteiger partial charge on any atom is -0.339 e. The minimum absolute atomic E-state index is 0.117. The predicted octanol–water partition coefficient (Wildman–Crippen LogP) is 5.53. The maximum atomic E-state index is 14.1. The van der Waals surface area contributed by atoms with E-state index in [-0.39, 0.29) is 32.7 Å². The number of nitrogens with one attached hydrogen (secondary N) is 1. The van der Waals surface area contributed by atoms with Crippen LogP contribution in [-0.4, -0.2) is 40.4 Å². The van der Waals surface area contributed by atoms with Gasteiger partial charge in [0.15, 0.2) is 0 Å². The molecule has 3 aromatic heterocycles. The number of aromatic amines is 1. The zero-order chi connectivity index (χ0) is 23.2. The fourth-order valence-electron chi connectivity index (χ4n) is 3.64. The van der Waals surface area contributed by atoms with Crippen LogP contribution in [0.2, 0.25) is 0 Å². The molecule has 0 saturated carbocycles. The van der Waals surface area contributed by atoms with Crippen molar-refractivity contribution in [1.29, 1.82) is 0 Å². The highest BCUT2D eigenvalue weighted by atomic mass is 127. The Morgan fingerprint density at radius 3 is 2.42 bits per heavy atom. The van der Waals surface area contributed by atoms with Gasteiger partial charge in [-0.3, -0.25) is 14.9 Å². The fraction of sp³-hybridized carbons (Fsp3) is 0.200. The highest BCUT2D eigenvalue weighted by molar-refractivity contribution is 14.2. The van der Waals surface area contributed by atoms with Gasteiger partial charge >= 0.3 is 0 Å². The number of nitrogens with zero attached hydrogens (tertiary/aromatic N) is 4. The maximum Gasteiger partial charge on any atom is 0.129 e. The Morgan fingerprint density at radius 2 is 1.73 bits per heavy atom. The number of rotatable bonds is 9. The molecule has 8 heteroatoms. The number of imidazole rings is 1. The second kappa shape index (κ2) is 10.8. The van der Waals surface area contributed by atoms with Crippen LogP contribution in [-0.2, 0) is 13.0 Å². The second-order valence-corrected chi connectivity index (χ2v) is 9.38. The van der Waals surface area contributed by atoms with Gasteiger partial charge in [0.25, 0.3) is 0 Å². The molecule has 0 fully saturated rings. The van der Waals surface area contributed by atoms with Crippen molar-refractivity contribution in [1.82, 2.24) is 24.8 Å². The van der Waals surface area contributed by atoms with E-state index in [1.807, 2.05) is 37.3 Å². The van der Waals surface area contributed by atoms with Crippen LogP contribution in [0.4, 0.5) is 8.78 Å². The van der Waals surface area contributed by atoms with Crippen molar-refractivity contribution >= 4 is 25.2 Å². The summed E-state index contributed by atoms with van der Waals surface area (Å²) in [5.74, 6) is -0.248. The third-order valence-corrected chi connectivity index (χ3v) is 6.67. The molecule has 0 atom stereocenters. The summed E-state index contributed by atoms with van der Waals surface area (Å²) in [5.41, 5.74) is 4.42. The van der Waals surface area contributed by atoms with Crippen LogP contribution >= 0.6 is 20.7 Å². The Labute approximate surface area is 201 Å². The summed E-state index contributed by atoms with van der Waals surface area (Å²) in [6, 6.07) is 13.7. The SMILES string of the molecule is C=ICN(CCc1c(F)cccc1F)Cc1nc(-c2ccncc2)c(-c2cccc(C)n2)[nH]1.